The molecule has 1 saturated heterocycles. The molecule has 1 rings (SSSR count). The van der Waals surface area contributed by atoms with Gasteiger partial charge < -0.3 is 4.90 Å². The van der Waals surface area contributed by atoms with Crippen molar-refractivity contribution in [2.45, 2.75) is 27.2 Å². The molecular formula is C11H21N. The molecule has 1 aliphatic heterocycles. The molecule has 0 aromatic heterocycles. The van der Waals surface area contributed by atoms with Crippen molar-refractivity contribution in [2.24, 2.45) is 11.8 Å². The molecule has 1 heterocycles. The van der Waals surface area contributed by atoms with E-state index >= 15 is 0 Å². The Balaban J connectivity index is 2.23. The van der Waals surface area contributed by atoms with E-state index in [0.717, 1.165) is 11.8 Å². The van der Waals surface area contributed by atoms with E-state index in [1.807, 2.05) is 0 Å². The summed E-state index contributed by atoms with van der Waals surface area (Å²) in [6.07, 6.45) is 1.17. The second-order valence-electron chi connectivity index (χ2n) is 4.42. The minimum atomic E-state index is 0.884. The molecule has 0 aromatic carbocycles. The van der Waals surface area contributed by atoms with Crippen LogP contribution in [0.15, 0.2) is 12.2 Å². The molecule has 0 N–H and O–H groups in total. The fraction of sp³-hybridized carbons (Fsp3) is 0.818. The lowest BCUT2D eigenvalue weighted by Gasteiger charge is -2.14. The topological polar surface area (TPSA) is 3.24 Å². The van der Waals surface area contributed by atoms with Crippen LogP contribution in [-0.2, 0) is 0 Å². The van der Waals surface area contributed by atoms with Crippen molar-refractivity contribution in [2.75, 3.05) is 19.6 Å². The first-order valence-electron chi connectivity index (χ1n) is 4.96. The summed E-state index contributed by atoms with van der Waals surface area (Å²) >= 11 is 0. The molecule has 1 nitrogen and oxygen atoms in total. The largest absolute Gasteiger partial charge is 0.302 e. The lowest BCUT2D eigenvalue weighted by molar-refractivity contribution is 0.328. The van der Waals surface area contributed by atoms with Gasteiger partial charge in [0.1, 0.15) is 0 Å². The van der Waals surface area contributed by atoms with Crippen molar-refractivity contribution in [1.29, 1.82) is 0 Å². The first kappa shape index (κ1) is 9.79. The zero-order valence-electron chi connectivity index (χ0n) is 8.64. The van der Waals surface area contributed by atoms with Crippen LogP contribution in [0.3, 0.4) is 0 Å². The zero-order valence-corrected chi connectivity index (χ0v) is 8.64. The van der Waals surface area contributed by atoms with Gasteiger partial charge in [-0.25, -0.2) is 0 Å². The summed E-state index contributed by atoms with van der Waals surface area (Å²) in [5.41, 5.74) is 1.31. The summed E-state index contributed by atoms with van der Waals surface area (Å²) in [6, 6.07) is 0. The number of nitrogens with zero attached hydrogens (tertiary/aromatic N) is 1. The van der Waals surface area contributed by atoms with Crippen molar-refractivity contribution in [3.8, 4) is 0 Å². The van der Waals surface area contributed by atoms with Crippen LogP contribution in [0, 0.1) is 11.8 Å². The predicted octanol–water partition coefficient (Wildman–Crippen LogP) is 2.54. The van der Waals surface area contributed by atoms with Gasteiger partial charge in [-0.3, -0.25) is 0 Å². The molecule has 12 heavy (non-hydrogen) atoms. The van der Waals surface area contributed by atoms with Crippen LogP contribution in [0.25, 0.3) is 0 Å². The second kappa shape index (κ2) is 4.08. The zero-order chi connectivity index (χ0) is 9.14. The van der Waals surface area contributed by atoms with Gasteiger partial charge in [-0.1, -0.05) is 19.4 Å². The van der Waals surface area contributed by atoms with Gasteiger partial charge in [0.25, 0.3) is 0 Å². The highest BCUT2D eigenvalue weighted by Gasteiger charge is 2.24. The van der Waals surface area contributed by atoms with Gasteiger partial charge in [0, 0.05) is 19.6 Å². The van der Waals surface area contributed by atoms with E-state index in [0.29, 0.717) is 0 Å². The summed E-state index contributed by atoms with van der Waals surface area (Å²) in [5, 5.41) is 0. The molecule has 1 fully saturated rings. The lowest BCUT2D eigenvalue weighted by atomic mass is 10.0. The fourth-order valence-corrected chi connectivity index (χ4v) is 1.78. The van der Waals surface area contributed by atoms with Gasteiger partial charge in [-0.2, -0.15) is 0 Å². The minimum Gasteiger partial charge on any atom is -0.302 e. The maximum absolute atomic E-state index is 3.93. The fourth-order valence-electron chi connectivity index (χ4n) is 1.78. The van der Waals surface area contributed by atoms with E-state index in [-0.39, 0.29) is 0 Å². The maximum Gasteiger partial charge on any atom is 0.00186 e. The molecule has 0 bridgehead atoms. The molecule has 0 radical (unpaired) electrons. The summed E-state index contributed by atoms with van der Waals surface area (Å²) < 4.78 is 0. The van der Waals surface area contributed by atoms with E-state index in [1.165, 1.54) is 31.6 Å². The van der Waals surface area contributed by atoms with Crippen LogP contribution in [0.2, 0.25) is 0 Å². The summed E-state index contributed by atoms with van der Waals surface area (Å²) in [5.74, 6) is 1.77. The van der Waals surface area contributed by atoms with Crippen LogP contribution in [0.4, 0.5) is 0 Å². The monoisotopic (exact) mass is 167 g/mol. The highest BCUT2D eigenvalue weighted by Crippen LogP contribution is 2.22. The Morgan fingerprint density at radius 2 is 1.83 bits per heavy atom. The van der Waals surface area contributed by atoms with E-state index in [2.05, 4.69) is 32.3 Å². The molecule has 0 aromatic rings. The Bertz CT molecular complexity index is 152. The molecule has 0 amide bonds. The summed E-state index contributed by atoms with van der Waals surface area (Å²) in [7, 11) is 0. The predicted molar refractivity (Wildman–Crippen MR) is 54.2 cm³/mol. The van der Waals surface area contributed by atoms with Gasteiger partial charge in [-0.05, 0) is 25.2 Å². The average Bonchev–Trinajstić information content (AvgIpc) is 2.28. The number of hydrogen-bond donors (Lipinski definition) is 0. The molecule has 0 spiro atoms. The van der Waals surface area contributed by atoms with Crippen molar-refractivity contribution in [3.05, 3.63) is 12.2 Å². The van der Waals surface area contributed by atoms with Crippen molar-refractivity contribution in [1.82, 2.24) is 4.90 Å². The number of hydrogen-bond acceptors (Lipinski definition) is 1. The van der Waals surface area contributed by atoms with Crippen molar-refractivity contribution < 1.29 is 0 Å². The van der Waals surface area contributed by atoms with Crippen LogP contribution < -0.4 is 0 Å². The number of rotatable bonds is 3. The molecular weight excluding hydrogens is 146 g/mol. The Hall–Kier alpha value is -0.300. The molecule has 2 atom stereocenters. The van der Waals surface area contributed by atoms with Gasteiger partial charge in [-0.15, -0.1) is 6.58 Å². The Labute approximate surface area is 76.5 Å². The third-order valence-corrected chi connectivity index (χ3v) is 2.92. The van der Waals surface area contributed by atoms with Crippen LogP contribution in [0.5, 0.6) is 0 Å². The SMILES string of the molecule is C=C(C)CCN1CC(C)C(C)C1. The molecule has 1 aliphatic rings. The number of likely N-dealkylation sites (tertiary alicyclic amines) is 1. The van der Waals surface area contributed by atoms with E-state index in [4.69, 9.17) is 0 Å². The van der Waals surface area contributed by atoms with Crippen molar-refractivity contribution in [3.63, 3.8) is 0 Å². The normalized spacial score (nSPS) is 30.9. The molecule has 2 unspecified atom stereocenters. The molecule has 0 saturated carbocycles. The van der Waals surface area contributed by atoms with Gasteiger partial charge in [0.15, 0.2) is 0 Å². The second-order valence-corrected chi connectivity index (χ2v) is 4.42. The average molecular weight is 167 g/mol. The third-order valence-electron chi connectivity index (χ3n) is 2.92. The summed E-state index contributed by atoms with van der Waals surface area (Å²) in [4.78, 5) is 2.56. The molecule has 70 valence electrons. The van der Waals surface area contributed by atoms with Crippen molar-refractivity contribution >= 4 is 0 Å². The van der Waals surface area contributed by atoms with Crippen LogP contribution >= 0.6 is 0 Å². The Kier molecular flexibility index (Phi) is 3.33. The van der Waals surface area contributed by atoms with E-state index < -0.39 is 0 Å². The smallest absolute Gasteiger partial charge is 0.00186 e. The summed E-state index contributed by atoms with van der Waals surface area (Å²) in [6.45, 7) is 14.5. The maximum atomic E-state index is 3.93. The Morgan fingerprint density at radius 1 is 1.33 bits per heavy atom. The molecule has 1 heteroatoms. The third kappa shape index (κ3) is 2.63. The van der Waals surface area contributed by atoms with Crippen LogP contribution in [-0.4, -0.2) is 24.5 Å². The van der Waals surface area contributed by atoms with Crippen LogP contribution in [0.1, 0.15) is 27.2 Å². The van der Waals surface area contributed by atoms with E-state index in [1.54, 1.807) is 0 Å². The first-order valence-corrected chi connectivity index (χ1v) is 4.96. The van der Waals surface area contributed by atoms with Gasteiger partial charge in [0.05, 0.1) is 0 Å². The minimum absolute atomic E-state index is 0.884. The quantitative estimate of drug-likeness (QED) is 0.584. The Morgan fingerprint density at radius 3 is 2.25 bits per heavy atom. The highest BCUT2D eigenvalue weighted by atomic mass is 15.1. The highest BCUT2D eigenvalue weighted by molar-refractivity contribution is 4.90. The van der Waals surface area contributed by atoms with E-state index in [9.17, 15) is 0 Å². The lowest BCUT2D eigenvalue weighted by Crippen LogP contribution is -2.22. The van der Waals surface area contributed by atoms with Gasteiger partial charge >= 0.3 is 0 Å². The first-order chi connectivity index (χ1) is 5.59. The molecule has 0 aliphatic carbocycles. The standard InChI is InChI=1S/C11H21N/c1-9(2)5-6-12-7-10(3)11(4)8-12/h10-11H,1,5-8H2,2-4H3. The van der Waals surface area contributed by atoms with Gasteiger partial charge in [0.2, 0.25) is 0 Å².